The van der Waals surface area contributed by atoms with Crippen LogP contribution in [0.5, 0.6) is 0 Å². The Kier molecular flexibility index (Phi) is 6.65. The van der Waals surface area contributed by atoms with Crippen molar-refractivity contribution in [2.45, 2.75) is 6.92 Å². The molecule has 10 heteroatoms. The highest BCUT2D eigenvalue weighted by atomic mass is 32.1. The topological polar surface area (TPSA) is 104 Å². The van der Waals surface area contributed by atoms with Crippen molar-refractivity contribution in [3.63, 3.8) is 0 Å². The van der Waals surface area contributed by atoms with Crippen LogP contribution < -0.4 is 10.6 Å². The molecule has 1 fully saturated rings. The molecule has 0 bridgehead atoms. The van der Waals surface area contributed by atoms with Gasteiger partial charge in [0.25, 0.3) is 5.91 Å². The zero-order valence-corrected chi connectivity index (χ0v) is 17.1. The Morgan fingerprint density at radius 1 is 1.10 bits per heavy atom. The third-order valence-corrected chi connectivity index (χ3v) is 5.52. The van der Waals surface area contributed by atoms with Crippen LogP contribution in [0, 0.1) is 6.92 Å². The van der Waals surface area contributed by atoms with Crippen LogP contribution in [0.25, 0.3) is 0 Å². The van der Waals surface area contributed by atoms with E-state index in [-0.39, 0.29) is 18.5 Å². The number of aryl methyl sites for hydroxylation is 1. The van der Waals surface area contributed by atoms with Crippen LogP contribution >= 0.6 is 11.5 Å². The number of carbonyl (C=O) groups excluding carboxylic acids is 3. The number of hydrogen-bond acceptors (Lipinski definition) is 7. The van der Waals surface area contributed by atoms with Gasteiger partial charge in [0, 0.05) is 38.9 Å². The lowest BCUT2D eigenvalue weighted by atomic mass is 10.2. The van der Waals surface area contributed by atoms with E-state index < -0.39 is 5.97 Å². The molecular weight excluding hydrogens is 394 g/mol. The fraction of sp³-hybridized carbons (Fsp3) is 0.368. The predicted octanol–water partition coefficient (Wildman–Crippen LogP) is 2.03. The van der Waals surface area contributed by atoms with Gasteiger partial charge in [-0.25, -0.2) is 9.59 Å². The highest BCUT2D eigenvalue weighted by molar-refractivity contribution is 7.10. The summed E-state index contributed by atoms with van der Waals surface area (Å²) in [6.45, 7) is 2.98. The minimum Gasteiger partial charge on any atom is -0.452 e. The Hall–Kier alpha value is -3.14. The second-order valence-electron chi connectivity index (χ2n) is 6.46. The molecule has 0 unspecified atom stereocenters. The minimum absolute atomic E-state index is 0.199. The summed E-state index contributed by atoms with van der Waals surface area (Å²) >= 11 is 1.17. The fourth-order valence-corrected chi connectivity index (χ4v) is 3.69. The van der Waals surface area contributed by atoms with Crippen LogP contribution in [0.15, 0.2) is 30.3 Å². The minimum atomic E-state index is -0.574. The summed E-state index contributed by atoms with van der Waals surface area (Å²) < 4.78 is 9.30. The van der Waals surface area contributed by atoms with Gasteiger partial charge in [-0.2, -0.15) is 4.37 Å². The number of nitrogens with one attached hydrogen (secondary N) is 2. The van der Waals surface area contributed by atoms with Crippen molar-refractivity contribution in [3.05, 3.63) is 41.6 Å². The first-order chi connectivity index (χ1) is 14.0. The van der Waals surface area contributed by atoms with Crippen LogP contribution in [0.1, 0.15) is 16.1 Å². The number of para-hydroxylation sites is 1. The summed E-state index contributed by atoms with van der Waals surface area (Å²) in [5.41, 5.74) is 1.64. The van der Waals surface area contributed by atoms with Gasteiger partial charge in [-0.15, -0.1) is 0 Å². The molecule has 2 N–H and O–H groups in total. The van der Waals surface area contributed by atoms with Crippen molar-refractivity contribution in [3.8, 4) is 0 Å². The van der Waals surface area contributed by atoms with Gasteiger partial charge in [-0.3, -0.25) is 4.79 Å². The van der Waals surface area contributed by atoms with E-state index in [2.05, 4.69) is 15.0 Å². The van der Waals surface area contributed by atoms with E-state index in [0.717, 1.165) is 5.69 Å². The van der Waals surface area contributed by atoms with Gasteiger partial charge >= 0.3 is 12.0 Å². The molecular formula is C19H23N5O4S. The Labute approximate surface area is 172 Å². The summed E-state index contributed by atoms with van der Waals surface area (Å²) in [5, 5.41) is 6.34. The first-order valence-corrected chi connectivity index (χ1v) is 9.97. The van der Waals surface area contributed by atoms with Gasteiger partial charge in [-0.1, -0.05) is 18.2 Å². The molecule has 3 rings (SSSR count). The first kappa shape index (κ1) is 20.6. The van der Waals surface area contributed by atoms with Crippen molar-refractivity contribution >= 4 is 40.1 Å². The number of amides is 3. The number of benzene rings is 1. The second-order valence-corrected chi connectivity index (χ2v) is 7.24. The Bertz CT molecular complexity index is 878. The standard InChI is InChI=1S/C19H23N5O4S/c1-13-16(17(20-2)29-22-13)18(26)28-12-15(25)23-8-10-24(11-9-23)19(27)21-14-6-4-3-5-7-14/h3-7,20H,8-12H2,1-2H3,(H,21,27). The van der Waals surface area contributed by atoms with Gasteiger partial charge in [0.05, 0.1) is 5.69 Å². The Morgan fingerprint density at radius 3 is 2.41 bits per heavy atom. The number of urea groups is 1. The molecule has 29 heavy (non-hydrogen) atoms. The van der Waals surface area contributed by atoms with Crippen LogP contribution in [-0.2, 0) is 9.53 Å². The monoisotopic (exact) mass is 417 g/mol. The van der Waals surface area contributed by atoms with Crippen molar-refractivity contribution in [2.75, 3.05) is 50.5 Å². The maximum absolute atomic E-state index is 12.4. The average molecular weight is 417 g/mol. The molecule has 3 amide bonds. The molecule has 1 aromatic heterocycles. The molecule has 0 aliphatic carbocycles. The lowest BCUT2D eigenvalue weighted by molar-refractivity contribution is -0.135. The summed E-state index contributed by atoms with van der Waals surface area (Å²) in [6, 6.07) is 9.01. The predicted molar refractivity (Wildman–Crippen MR) is 110 cm³/mol. The Morgan fingerprint density at radius 2 is 1.76 bits per heavy atom. The molecule has 0 radical (unpaired) electrons. The Balaban J connectivity index is 1.45. The number of piperazine rings is 1. The van der Waals surface area contributed by atoms with E-state index in [4.69, 9.17) is 4.74 Å². The highest BCUT2D eigenvalue weighted by Gasteiger charge is 2.26. The van der Waals surface area contributed by atoms with Crippen molar-refractivity contribution in [1.29, 1.82) is 0 Å². The number of carbonyl (C=O) groups is 3. The molecule has 1 aliphatic rings. The average Bonchev–Trinajstić information content (AvgIpc) is 3.13. The number of ether oxygens (including phenoxy) is 1. The van der Waals surface area contributed by atoms with Crippen molar-refractivity contribution in [1.82, 2.24) is 14.2 Å². The first-order valence-electron chi connectivity index (χ1n) is 9.19. The lowest BCUT2D eigenvalue weighted by Gasteiger charge is -2.34. The smallest absolute Gasteiger partial charge is 0.343 e. The summed E-state index contributed by atoms with van der Waals surface area (Å²) in [4.78, 5) is 40.2. The van der Waals surface area contributed by atoms with Gasteiger partial charge in [-0.05, 0) is 30.6 Å². The SMILES string of the molecule is CNc1snc(C)c1C(=O)OCC(=O)N1CCN(C(=O)Nc2ccccc2)CC1. The quantitative estimate of drug-likeness (QED) is 0.722. The summed E-state index contributed by atoms with van der Waals surface area (Å²) in [5.74, 6) is -0.858. The van der Waals surface area contributed by atoms with Gasteiger partial charge in [0.1, 0.15) is 10.6 Å². The van der Waals surface area contributed by atoms with Crippen LogP contribution in [0.3, 0.4) is 0 Å². The number of esters is 1. The molecule has 9 nitrogen and oxygen atoms in total. The highest BCUT2D eigenvalue weighted by Crippen LogP contribution is 2.24. The lowest BCUT2D eigenvalue weighted by Crippen LogP contribution is -2.52. The van der Waals surface area contributed by atoms with Crippen LogP contribution in [-0.4, -0.2) is 71.9 Å². The van der Waals surface area contributed by atoms with E-state index >= 15 is 0 Å². The molecule has 0 saturated carbocycles. The molecule has 2 heterocycles. The van der Waals surface area contributed by atoms with E-state index in [9.17, 15) is 14.4 Å². The van der Waals surface area contributed by atoms with Gasteiger partial charge in [0.15, 0.2) is 6.61 Å². The number of rotatable bonds is 5. The number of anilines is 2. The van der Waals surface area contributed by atoms with Crippen LogP contribution in [0.2, 0.25) is 0 Å². The van der Waals surface area contributed by atoms with Gasteiger partial charge < -0.3 is 25.2 Å². The largest absolute Gasteiger partial charge is 0.452 e. The molecule has 0 spiro atoms. The third-order valence-electron chi connectivity index (χ3n) is 4.57. The molecule has 1 aliphatic heterocycles. The van der Waals surface area contributed by atoms with E-state index in [1.807, 2.05) is 30.3 Å². The normalized spacial score (nSPS) is 13.7. The fourth-order valence-electron chi connectivity index (χ4n) is 2.95. The molecule has 1 aromatic carbocycles. The zero-order valence-electron chi connectivity index (χ0n) is 16.3. The number of hydrogen-bond donors (Lipinski definition) is 2. The number of aromatic nitrogens is 1. The van der Waals surface area contributed by atoms with E-state index in [0.29, 0.717) is 42.4 Å². The summed E-state index contributed by atoms with van der Waals surface area (Å²) in [7, 11) is 1.70. The molecule has 2 aromatic rings. The molecule has 0 atom stereocenters. The van der Waals surface area contributed by atoms with Gasteiger partial charge in [0.2, 0.25) is 0 Å². The number of nitrogens with zero attached hydrogens (tertiary/aromatic N) is 3. The van der Waals surface area contributed by atoms with Crippen molar-refractivity contribution in [2.24, 2.45) is 0 Å². The van der Waals surface area contributed by atoms with Crippen molar-refractivity contribution < 1.29 is 19.1 Å². The van der Waals surface area contributed by atoms with Crippen LogP contribution in [0.4, 0.5) is 15.5 Å². The molecule has 1 saturated heterocycles. The maximum Gasteiger partial charge on any atom is 0.343 e. The van der Waals surface area contributed by atoms with E-state index in [1.165, 1.54) is 11.5 Å². The summed E-state index contributed by atoms with van der Waals surface area (Å²) in [6.07, 6.45) is 0. The third kappa shape index (κ3) is 5.02. The van der Waals surface area contributed by atoms with E-state index in [1.54, 1.807) is 23.8 Å². The maximum atomic E-state index is 12.4. The zero-order chi connectivity index (χ0) is 20.8. The second kappa shape index (κ2) is 9.37. The molecule has 154 valence electrons.